The first-order chi connectivity index (χ1) is 26.2. The maximum Gasteiger partial charge on any atom is 0.164 e. The molecule has 248 valence electrons. The summed E-state index contributed by atoms with van der Waals surface area (Å²) in [5.41, 5.74) is 12.6. The first kappa shape index (κ1) is 31.1. The molecule has 9 aromatic rings. The van der Waals surface area contributed by atoms with Gasteiger partial charge in [-0.1, -0.05) is 182 Å². The molecule has 0 amide bonds. The van der Waals surface area contributed by atoms with E-state index in [1.807, 2.05) is 72.4 Å². The van der Waals surface area contributed by atoms with Crippen LogP contribution in [0.2, 0.25) is 0 Å². The molecule has 0 atom stereocenters. The van der Waals surface area contributed by atoms with Crippen LogP contribution in [0.3, 0.4) is 0 Å². The molecule has 0 N–H and O–H groups in total. The summed E-state index contributed by atoms with van der Waals surface area (Å²) in [5, 5.41) is 2.64. The van der Waals surface area contributed by atoms with E-state index in [9.17, 15) is 0 Å². The highest BCUT2D eigenvalue weighted by Gasteiger charge is 2.20. The number of aromatic nitrogens is 3. The van der Waals surface area contributed by atoms with Gasteiger partial charge in [-0.2, -0.15) is 0 Å². The Balaban J connectivity index is 0.947. The molecule has 0 unspecified atom stereocenters. The molecule has 1 aliphatic rings. The monoisotopic (exact) mass is 693 g/mol. The van der Waals surface area contributed by atoms with Crippen LogP contribution in [0.15, 0.2) is 198 Å². The summed E-state index contributed by atoms with van der Waals surface area (Å²) in [5.74, 6) is 1.97. The van der Waals surface area contributed by atoms with Crippen molar-refractivity contribution in [3.05, 3.63) is 188 Å². The molecule has 3 nitrogen and oxygen atoms in total. The average Bonchev–Trinajstić information content (AvgIpc) is 3.24. The maximum atomic E-state index is 4.90. The van der Waals surface area contributed by atoms with E-state index in [0.29, 0.717) is 17.5 Å². The summed E-state index contributed by atoms with van der Waals surface area (Å²) in [4.78, 5) is 17.3. The number of hydrogen-bond donors (Lipinski definition) is 0. The minimum Gasteiger partial charge on any atom is -0.208 e. The molecule has 8 aromatic carbocycles. The number of rotatable bonds is 6. The van der Waals surface area contributed by atoms with Crippen molar-refractivity contribution in [1.29, 1.82) is 0 Å². The third kappa shape index (κ3) is 5.80. The quantitative estimate of drug-likeness (QED) is 0.174. The van der Waals surface area contributed by atoms with E-state index in [-0.39, 0.29) is 0 Å². The summed E-state index contributed by atoms with van der Waals surface area (Å²) in [6.45, 7) is 0. The highest BCUT2D eigenvalue weighted by molar-refractivity contribution is 7.99. The van der Waals surface area contributed by atoms with Crippen LogP contribution in [0.25, 0.3) is 89.4 Å². The van der Waals surface area contributed by atoms with E-state index < -0.39 is 0 Å². The van der Waals surface area contributed by atoms with Gasteiger partial charge in [-0.05, 0) is 68.1 Å². The lowest BCUT2D eigenvalue weighted by molar-refractivity contribution is 1.07. The zero-order chi connectivity index (χ0) is 35.1. The van der Waals surface area contributed by atoms with Gasteiger partial charge in [0, 0.05) is 31.9 Å². The van der Waals surface area contributed by atoms with Crippen LogP contribution in [0.5, 0.6) is 0 Å². The Morgan fingerprint density at radius 2 is 0.736 bits per heavy atom. The third-order valence-electron chi connectivity index (χ3n) is 9.97. The maximum absolute atomic E-state index is 4.90. The van der Waals surface area contributed by atoms with Crippen molar-refractivity contribution in [3.63, 3.8) is 0 Å². The molecule has 0 bridgehead atoms. The van der Waals surface area contributed by atoms with E-state index in [2.05, 4.69) is 127 Å². The molecule has 0 spiro atoms. The third-order valence-corrected chi connectivity index (χ3v) is 11.1. The van der Waals surface area contributed by atoms with Gasteiger partial charge in [-0.25, -0.2) is 15.0 Å². The van der Waals surface area contributed by atoms with Gasteiger partial charge in [0.15, 0.2) is 17.5 Å². The lowest BCUT2D eigenvalue weighted by Crippen LogP contribution is -2.00. The Kier molecular flexibility index (Phi) is 7.74. The normalized spacial score (nSPS) is 11.7. The number of benzene rings is 8. The van der Waals surface area contributed by atoms with Gasteiger partial charge in [0.05, 0.1) is 0 Å². The lowest BCUT2D eigenvalue weighted by atomic mass is 9.91. The molecule has 0 fully saturated rings. The molecule has 1 aromatic heterocycles. The Morgan fingerprint density at radius 1 is 0.283 bits per heavy atom. The Bertz CT molecular complexity index is 2720. The number of fused-ring (bicyclic) bond motifs is 2. The van der Waals surface area contributed by atoms with Crippen LogP contribution in [0, 0.1) is 0 Å². The van der Waals surface area contributed by atoms with Crippen molar-refractivity contribution in [2.75, 3.05) is 0 Å². The number of nitrogens with zero attached hydrogens (tertiary/aromatic N) is 3. The summed E-state index contributed by atoms with van der Waals surface area (Å²) in [6, 6.07) is 66.4. The van der Waals surface area contributed by atoms with Gasteiger partial charge in [-0.15, -0.1) is 0 Å². The van der Waals surface area contributed by atoms with E-state index in [4.69, 9.17) is 15.0 Å². The highest BCUT2D eigenvalue weighted by Crippen LogP contribution is 2.49. The highest BCUT2D eigenvalue weighted by atomic mass is 32.2. The molecule has 10 rings (SSSR count). The van der Waals surface area contributed by atoms with Crippen LogP contribution in [0.4, 0.5) is 0 Å². The first-order valence-electron chi connectivity index (χ1n) is 17.8. The average molecular weight is 694 g/mol. The van der Waals surface area contributed by atoms with Crippen LogP contribution < -0.4 is 0 Å². The fourth-order valence-corrected chi connectivity index (χ4v) is 8.44. The van der Waals surface area contributed by atoms with E-state index in [1.54, 1.807) is 0 Å². The molecule has 4 heteroatoms. The molecular formula is C49H31N3S. The van der Waals surface area contributed by atoms with E-state index >= 15 is 0 Å². The van der Waals surface area contributed by atoms with Crippen LogP contribution in [-0.2, 0) is 0 Å². The first-order valence-corrected chi connectivity index (χ1v) is 18.6. The van der Waals surface area contributed by atoms with Gasteiger partial charge in [0.2, 0.25) is 0 Å². The standard InChI is InChI=1S/C49H31N3S/c1-3-11-35(12-4-1)47-50-48(36-13-5-2-6-14-36)52-49(51-47)37-27-23-33(24-28-37)39-16-9-15-38(31-39)32-21-25-34(26-22-32)40-29-30-43-41-17-7-8-19-44(41)53-45-20-10-18-42(40)46(43)45/h1-31H. The minimum absolute atomic E-state index is 0.650. The van der Waals surface area contributed by atoms with Crippen molar-refractivity contribution >= 4 is 22.5 Å². The largest absolute Gasteiger partial charge is 0.208 e. The Labute approximate surface area is 312 Å². The van der Waals surface area contributed by atoms with Gasteiger partial charge < -0.3 is 0 Å². The second kappa shape index (κ2) is 13.2. The van der Waals surface area contributed by atoms with Gasteiger partial charge in [0.25, 0.3) is 0 Å². The van der Waals surface area contributed by atoms with Crippen molar-refractivity contribution in [2.45, 2.75) is 9.79 Å². The van der Waals surface area contributed by atoms with Gasteiger partial charge in [0.1, 0.15) is 0 Å². The lowest BCUT2D eigenvalue weighted by Gasteiger charge is -2.21. The smallest absolute Gasteiger partial charge is 0.164 e. The predicted octanol–water partition coefficient (Wildman–Crippen LogP) is 13.2. The van der Waals surface area contributed by atoms with E-state index in [1.165, 1.54) is 53.9 Å². The van der Waals surface area contributed by atoms with Crippen molar-refractivity contribution < 1.29 is 0 Å². The van der Waals surface area contributed by atoms with Crippen LogP contribution >= 0.6 is 11.8 Å². The van der Waals surface area contributed by atoms with E-state index in [0.717, 1.165) is 27.8 Å². The SMILES string of the molecule is c1ccc(-c2nc(-c3ccccc3)nc(-c3ccc(-c4cccc(-c5ccc(-c6ccc7c8c(cccc68)Sc6ccccc6-7)cc5)c4)cc3)n2)cc1. The molecule has 53 heavy (non-hydrogen) atoms. The summed E-state index contributed by atoms with van der Waals surface area (Å²) in [7, 11) is 0. The van der Waals surface area contributed by atoms with Gasteiger partial charge in [-0.3, -0.25) is 0 Å². The molecule has 0 aliphatic carbocycles. The second-order valence-electron chi connectivity index (χ2n) is 13.2. The second-order valence-corrected chi connectivity index (χ2v) is 14.3. The fourth-order valence-electron chi connectivity index (χ4n) is 7.30. The topological polar surface area (TPSA) is 38.7 Å². The predicted molar refractivity (Wildman–Crippen MR) is 220 cm³/mol. The zero-order valence-corrected chi connectivity index (χ0v) is 29.5. The van der Waals surface area contributed by atoms with Crippen LogP contribution in [-0.4, -0.2) is 15.0 Å². The summed E-state index contributed by atoms with van der Waals surface area (Å²) in [6.07, 6.45) is 0. The molecule has 0 saturated heterocycles. The zero-order valence-electron chi connectivity index (χ0n) is 28.6. The molecule has 2 heterocycles. The van der Waals surface area contributed by atoms with Gasteiger partial charge >= 0.3 is 0 Å². The van der Waals surface area contributed by atoms with Crippen molar-refractivity contribution in [2.24, 2.45) is 0 Å². The number of hydrogen-bond acceptors (Lipinski definition) is 4. The molecular weight excluding hydrogens is 663 g/mol. The molecule has 1 aliphatic heterocycles. The fraction of sp³-hybridized carbons (Fsp3) is 0. The minimum atomic E-state index is 0.650. The van der Waals surface area contributed by atoms with Crippen molar-refractivity contribution in [3.8, 4) is 78.7 Å². The molecule has 0 radical (unpaired) electrons. The Hall–Kier alpha value is -6.62. The van der Waals surface area contributed by atoms with Crippen LogP contribution in [0.1, 0.15) is 0 Å². The molecule has 0 saturated carbocycles. The Morgan fingerprint density at radius 3 is 1.36 bits per heavy atom. The summed E-state index contributed by atoms with van der Waals surface area (Å²) < 4.78 is 0. The summed E-state index contributed by atoms with van der Waals surface area (Å²) >= 11 is 1.87. The van der Waals surface area contributed by atoms with Crippen molar-refractivity contribution in [1.82, 2.24) is 15.0 Å².